The number of hydrogen-bond acceptors (Lipinski definition) is 3. The summed E-state index contributed by atoms with van der Waals surface area (Å²) in [4.78, 5) is 28.7. The van der Waals surface area contributed by atoms with Crippen molar-refractivity contribution >= 4 is 34.5 Å². The molecule has 4 nitrogen and oxygen atoms in total. The molecule has 2 amide bonds. The van der Waals surface area contributed by atoms with Crippen LogP contribution in [0.1, 0.15) is 31.2 Å². The zero-order chi connectivity index (χ0) is 21.4. The second kappa shape index (κ2) is 7.85. The Kier molecular flexibility index (Phi) is 4.88. The van der Waals surface area contributed by atoms with Crippen LogP contribution >= 0.6 is 11.3 Å². The predicted octanol–water partition coefficient (Wildman–Crippen LogP) is 6.14. The summed E-state index contributed by atoms with van der Waals surface area (Å²) < 4.78 is 0. The molecule has 1 aliphatic heterocycles. The number of hydrogen-bond donors (Lipinski definition) is 1. The normalized spacial score (nSPS) is 12.1. The summed E-state index contributed by atoms with van der Waals surface area (Å²) in [5.74, 6) is -0.286. The summed E-state index contributed by atoms with van der Waals surface area (Å²) in [6.07, 6.45) is 0. The number of para-hydroxylation sites is 2. The molecule has 152 valence electrons. The first-order chi connectivity index (χ1) is 15.1. The van der Waals surface area contributed by atoms with Gasteiger partial charge in [0.1, 0.15) is 0 Å². The summed E-state index contributed by atoms with van der Waals surface area (Å²) >= 11 is 1.30. The summed E-state index contributed by atoms with van der Waals surface area (Å²) in [6.45, 7) is 2.35. The van der Waals surface area contributed by atoms with Gasteiger partial charge in [0.25, 0.3) is 11.8 Å². The Hall–Kier alpha value is -3.70. The van der Waals surface area contributed by atoms with Crippen LogP contribution in [0.25, 0.3) is 11.1 Å². The lowest BCUT2D eigenvalue weighted by atomic mass is 9.93. The van der Waals surface area contributed by atoms with E-state index in [2.05, 4.69) is 17.4 Å². The quantitative estimate of drug-likeness (QED) is 0.430. The minimum absolute atomic E-state index is 0.0885. The standard InChI is InChI=1S/C26H20N2O2S/c1-17-22(16-31-24(17)25(29)27-19-10-3-2-4-11-19)26(30)28-15-18-9-5-6-12-20(18)21-13-7-8-14-23(21)28/h2-14,16H,15H2,1H3,(H,27,29). The number of benzene rings is 3. The summed E-state index contributed by atoms with van der Waals surface area (Å²) in [5, 5.41) is 4.70. The van der Waals surface area contributed by atoms with E-state index in [4.69, 9.17) is 0 Å². The van der Waals surface area contributed by atoms with Crippen molar-refractivity contribution < 1.29 is 9.59 Å². The van der Waals surface area contributed by atoms with Gasteiger partial charge < -0.3 is 10.2 Å². The number of nitrogens with one attached hydrogen (secondary N) is 1. The topological polar surface area (TPSA) is 49.4 Å². The fourth-order valence-corrected chi connectivity index (χ4v) is 4.96. The first-order valence-electron chi connectivity index (χ1n) is 10.1. The number of nitrogens with zero attached hydrogens (tertiary/aromatic N) is 1. The van der Waals surface area contributed by atoms with Crippen molar-refractivity contribution in [2.45, 2.75) is 13.5 Å². The fourth-order valence-electron chi connectivity index (χ4n) is 4.00. The number of rotatable bonds is 3. The molecule has 3 aromatic carbocycles. The van der Waals surface area contributed by atoms with Gasteiger partial charge in [0.2, 0.25) is 0 Å². The van der Waals surface area contributed by atoms with Gasteiger partial charge >= 0.3 is 0 Å². The molecule has 5 rings (SSSR count). The molecule has 0 atom stereocenters. The molecule has 1 N–H and O–H groups in total. The van der Waals surface area contributed by atoms with Gasteiger partial charge in [0, 0.05) is 16.6 Å². The molecule has 2 heterocycles. The molecule has 1 aromatic heterocycles. The van der Waals surface area contributed by atoms with E-state index in [9.17, 15) is 9.59 Å². The maximum Gasteiger partial charge on any atom is 0.266 e. The molecule has 31 heavy (non-hydrogen) atoms. The highest BCUT2D eigenvalue weighted by molar-refractivity contribution is 7.12. The number of carbonyl (C=O) groups excluding carboxylic acids is 2. The van der Waals surface area contributed by atoms with Gasteiger partial charge in [-0.15, -0.1) is 11.3 Å². The number of fused-ring (bicyclic) bond motifs is 3. The Bertz CT molecular complexity index is 1290. The number of thiophene rings is 1. The van der Waals surface area contributed by atoms with E-state index in [1.807, 2.05) is 78.6 Å². The van der Waals surface area contributed by atoms with E-state index in [1.54, 1.807) is 5.38 Å². The Balaban J connectivity index is 1.47. The van der Waals surface area contributed by atoms with Crippen molar-refractivity contribution in [1.82, 2.24) is 0 Å². The van der Waals surface area contributed by atoms with Gasteiger partial charge in [0.05, 0.1) is 22.7 Å². The third-order valence-corrected chi connectivity index (χ3v) is 6.66. The van der Waals surface area contributed by atoms with Crippen molar-refractivity contribution in [3.05, 3.63) is 106 Å². The Morgan fingerprint density at radius 1 is 0.871 bits per heavy atom. The first kappa shape index (κ1) is 19.3. The van der Waals surface area contributed by atoms with Crippen LogP contribution in [0.15, 0.2) is 84.2 Å². The Morgan fingerprint density at radius 3 is 2.35 bits per heavy atom. The van der Waals surface area contributed by atoms with Crippen LogP contribution in [0, 0.1) is 6.92 Å². The average molecular weight is 425 g/mol. The monoisotopic (exact) mass is 424 g/mol. The summed E-state index contributed by atoms with van der Waals surface area (Å²) in [7, 11) is 0. The van der Waals surface area contributed by atoms with E-state index < -0.39 is 0 Å². The zero-order valence-electron chi connectivity index (χ0n) is 17.0. The maximum atomic E-state index is 13.6. The molecule has 4 aromatic rings. The number of carbonyl (C=O) groups is 2. The lowest BCUT2D eigenvalue weighted by Crippen LogP contribution is -2.33. The van der Waals surface area contributed by atoms with Gasteiger partial charge in [-0.25, -0.2) is 0 Å². The minimum Gasteiger partial charge on any atom is -0.321 e. The van der Waals surface area contributed by atoms with Gasteiger partial charge in [-0.05, 0) is 41.8 Å². The molecule has 0 unspecified atom stereocenters. The Morgan fingerprint density at radius 2 is 1.55 bits per heavy atom. The molecular formula is C26H20N2O2S. The van der Waals surface area contributed by atoms with Crippen molar-refractivity contribution in [2.24, 2.45) is 0 Å². The van der Waals surface area contributed by atoms with Crippen LogP contribution in [0.4, 0.5) is 11.4 Å². The van der Waals surface area contributed by atoms with Crippen molar-refractivity contribution in [3.63, 3.8) is 0 Å². The third kappa shape index (κ3) is 3.43. The van der Waals surface area contributed by atoms with E-state index >= 15 is 0 Å². The molecule has 1 aliphatic rings. The van der Waals surface area contributed by atoms with Crippen molar-refractivity contribution in [1.29, 1.82) is 0 Å². The highest BCUT2D eigenvalue weighted by Gasteiger charge is 2.29. The summed E-state index contributed by atoms with van der Waals surface area (Å²) in [6, 6.07) is 25.5. The molecule has 0 fully saturated rings. The van der Waals surface area contributed by atoms with E-state index in [1.165, 1.54) is 11.3 Å². The molecule has 0 bridgehead atoms. The molecule has 0 saturated carbocycles. The molecule has 0 spiro atoms. The number of anilines is 2. The fraction of sp³-hybridized carbons (Fsp3) is 0.0769. The average Bonchev–Trinajstić information content (AvgIpc) is 3.20. The van der Waals surface area contributed by atoms with E-state index in [-0.39, 0.29) is 11.8 Å². The maximum absolute atomic E-state index is 13.6. The molecule has 0 radical (unpaired) electrons. The predicted molar refractivity (Wildman–Crippen MR) is 126 cm³/mol. The highest BCUT2D eigenvalue weighted by atomic mass is 32.1. The van der Waals surface area contributed by atoms with Crippen LogP contribution in [0.5, 0.6) is 0 Å². The first-order valence-corrected chi connectivity index (χ1v) is 10.9. The smallest absolute Gasteiger partial charge is 0.266 e. The molecular weight excluding hydrogens is 404 g/mol. The lowest BCUT2D eigenvalue weighted by Gasteiger charge is -2.31. The largest absolute Gasteiger partial charge is 0.321 e. The Labute approximate surface area is 184 Å². The minimum atomic E-state index is -0.197. The van der Waals surface area contributed by atoms with Crippen LogP contribution < -0.4 is 10.2 Å². The molecule has 5 heteroatoms. The van der Waals surface area contributed by atoms with Crippen molar-refractivity contribution in [2.75, 3.05) is 10.2 Å². The van der Waals surface area contributed by atoms with Gasteiger partial charge in [-0.2, -0.15) is 0 Å². The number of amides is 2. The van der Waals surface area contributed by atoms with Crippen LogP contribution in [-0.4, -0.2) is 11.8 Å². The zero-order valence-corrected chi connectivity index (χ0v) is 17.8. The highest BCUT2D eigenvalue weighted by Crippen LogP contribution is 2.40. The molecule has 0 aliphatic carbocycles. The second-order valence-corrected chi connectivity index (χ2v) is 8.37. The van der Waals surface area contributed by atoms with Crippen LogP contribution in [0.3, 0.4) is 0 Å². The third-order valence-electron chi connectivity index (χ3n) is 5.58. The molecule has 0 saturated heterocycles. The van der Waals surface area contributed by atoms with Gasteiger partial charge in [-0.3, -0.25) is 9.59 Å². The van der Waals surface area contributed by atoms with Gasteiger partial charge in [0.15, 0.2) is 0 Å². The van der Waals surface area contributed by atoms with Crippen molar-refractivity contribution in [3.8, 4) is 11.1 Å². The van der Waals surface area contributed by atoms with Crippen LogP contribution in [-0.2, 0) is 6.54 Å². The van der Waals surface area contributed by atoms with E-state index in [0.717, 1.165) is 28.1 Å². The SMILES string of the molecule is Cc1c(C(=O)N2Cc3ccccc3-c3ccccc32)csc1C(=O)Nc1ccccc1. The van der Waals surface area contributed by atoms with Crippen LogP contribution in [0.2, 0.25) is 0 Å². The lowest BCUT2D eigenvalue weighted by molar-refractivity contribution is 0.0984. The summed E-state index contributed by atoms with van der Waals surface area (Å²) in [5.41, 5.74) is 6.23. The van der Waals surface area contributed by atoms with E-state index in [0.29, 0.717) is 22.5 Å². The second-order valence-electron chi connectivity index (χ2n) is 7.49. The van der Waals surface area contributed by atoms with Gasteiger partial charge in [-0.1, -0.05) is 60.7 Å².